The highest BCUT2D eigenvalue weighted by atomic mass is 16.1. The minimum Gasteiger partial charge on any atom is -0.353 e. The van der Waals surface area contributed by atoms with Gasteiger partial charge < -0.3 is 10.2 Å². The molecule has 1 heterocycles. The number of amides is 1. The van der Waals surface area contributed by atoms with Crippen LogP contribution in [0, 0.1) is 5.92 Å². The van der Waals surface area contributed by atoms with Crippen LogP contribution in [0.15, 0.2) is 0 Å². The van der Waals surface area contributed by atoms with E-state index in [4.69, 9.17) is 0 Å². The molecule has 100 valence electrons. The van der Waals surface area contributed by atoms with Crippen LogP contribution in [0.2, 0.25) is 0 Å². The zero-order chi connectivity index (χ0) is 12.7. The van der Waals surface area contributed by atoms with Crippen LogP contribution in [0.1, 0.15) is 52.9 Å². The van der Waals surface area contributed by atoms with Crippen molar-refractivity contribution in [3.05, 3.63) is 0 Å². The molecule has 1 aliphatic rings. The zero-order valence-electron chi connectivity index (χ0n) is 11.7. The molecule has 1 aliphatic heterocycles. The molecule has 1 N–H and O–H groups in total. The first-order valence-corrected chi connectivity index (χ1v) is 7.16. The number of rotatable bonds is 6. The minimum atomic E-state index is 0.109. The monoisotopic (exact) mass is 240 g/mol. The Kier molecular flexibility index (Phi) is 6.56. The Bertz CT molecular complexity index is 220. The highest BCUT2D eigenvalue weighted by Crippen LogP contribution is 2.12. The number of nitrogens with one attached hydrogen (secondary N) is 1. The van der Waals surface area contributed by atoms with E-state index < -0.39 is 0 Å². The van der Waals surface area contributed by atoms with Crippen molar-refractivity contribution >= 4 is 5.91 Å². The number of unbranched alkanes of at least 4 members (excludes halogenated alkanes) is 2. The van der Waals surface area contributed by atoms with Crippen LogP contribution < -0.4 is 5.32 Å². The van der Waals surface area contributed by atoms with Crippen molar-refractivity contribution < 1.29 is 4.79 Å². The lowest BCUT2D eigenvalue weighted by atomic mass is 10.0. The summed E-state index contributed by atoms with van der Waals surface area (Å²) in [5, 5.41) is 3.14. The average Bonchev–Trinajstić information content (AvgIpc) is 2.31. The molecule has 0 radical (unpaired) electrons. The summed E-state index contributed by atoms with van der Waals surface area (Å²) in [6, 6.07) is 0.410. The summed E-state index contributed by atoms with van der Waals surface area (Å²) in [4.78, 5) is 14.1. The number of piperidine rings is 1. The van der Waals surface area contributed by atoms with Gasteiger partial charge in [-0.05, 0) is 25.8 Å². The summed E-state index contributed by atoms with van der Waals surface area (Å²) in [7, 11) is 0. The lowest BCUT2D eigenvalue weighted by Gasteiger charge is -2.32. The predicted molar refractivity (Wildman–Crippen MR) is 72.0 cm³/mol. The topological polar surface area (TPSA) is 32.3 Å². The van der Waals surface area contributed by atoms with Crippen LogP contribution in [0.3, 0.4) is 0 Å². The molecule has 3 heteroatoms. The lowest BCUT2D eigenvalue weighted by Crippen LogP contribution is -2.45. The van der Waals surface area contributed by atoms with Gasteiger partial charge in [-0.25, -0.2) is 0 Å². The Labute approximate surface area is 106 Å². The van der Waals surface area contributed by atoms with Crippen LogP contribution >= 0.6 is 0 Å². The van der Waals surface area contributed by atoms with E-state index in [-0.39, 0.29) is 11.8 Å². The van der Waals surface area contributed by atoms with Gasteiger partial charge in [-0.15, -0.1) is 0 Å². The van der Waals surface area contributed by atoms with E-state index in [1.807, 2.05) is 13.8 Å². The van der Waals surface area contributed by atoms with E-state index in [2.05, 4.69) is 17.1 Å². The predicted octanol–water partition coefficient (Wildman–Crippen LogP) is 2.41. The Hall–Kier alpha value is -0.570. The molecule has 1 amide bonds. The number of carbonyl (C=O) groups excluding carboxylic acids is 1. The molecule has 0 aliphatic carbocycles. The molecule has 0 aromatic carbocycles. The highest BCUT2D eigenvalue weighted by molar-refractivity contribution is 5.78. The molecule has 0 atom stereocenters. The summed E-state index contributed by atoms with van der Waals surface area (Å²) in [5.41, 5.74) is 0. The molecule has 0 bridgehead atoms. The number of likely N-dealkylation sites (tertiary alicyclic amines) is 1. The van der Waals surface area contributed by atoms with Gasteiger partial charge in [0.05, 0.1) is 0 Å². The Morgan fingerprint density at radius 2 is 1.94 bits per heavy atom. The number of hydrogen-bond donors (Lipinski definition) is 1. The van der Waals surface area contributed by atoms with Gasteiger partial charge in [0.1, 0.15) is 0 Å². The van der Waals surface area contributed by atoms with Crippen molar-refractivity contribution in [2.45, 2.75) is 58.9 Å². The summed E-state index contributed by atoms with van der Waals surface area (Å²) < 4.78 is 0. The fraction of sp³-hybridized carbons (Fsp3) is 0.929. The molecule has 1 fully saturated rings. The normalized spacial score (nSPS) is 18.6. The van der Waals surface area contributed by atoms with Gasteiger partial charge in [0.2, 0.25) is 5.91 Å². The van der Waals surface area contributed by atoms with Gasteiger partial charge in [-0.2, -0.15) is 0 Å². The Morgan fingerprint density at radius 1 is 1.29 bits per heavy atom. The van der Waals surface area contributed by atoms with E-state index >= 15 is 0 Å². The molecule has 0 spiro atoms. The van der Waals surface area contributed by atoms with Gasteiger partial charge in [-0.1, -0.05) is 33.6 Å². The summed E-state index contributed by atoms with van der Waals surface area (Å²) in [5.74, 6) is 0.312. The van der Waals surface area contributed by atoms with Crippen LogP contribution in [0.25, 0.3) is 0 Å². The smallest absolute Gasteiger partial charge is 0.222 e. The molecule has 0 saturated carbocycles. The molecule has 1 saturated heterocycles. The largest absolute Gasteiger partial charge is 0.353 e. The Morgan fingerprint density at radius 3 is 2.47 bits per heavy atom. The van der Waals surface area contributed by atoms with Crippen LogP contribution in [0.4, 0.5) is 0 Å². The second-order valence-corrected chi connectivity index (χ2v) is 5.49. The SMILES string of the molecule is CCCCCN1CCC(NC(=O)C(C)C)CC1. The van der Waals surface area contributed by atoms with Gasteiger partial charge in [-0.3, -0.25) is 4.79 Å². The third-order valence-electron chi connectivity index (χ3n) is 3.54. The first-order chi connectivity index (χ1) is 8.13. The van der Waals surface area contributed by atoms with Crippen molar-refractivity contribution in [3.8, 4) is 0 Å². The summed E-state index contributed by atoms with van der Waals surface area (Å²) >= 11 is 0. The average molecular weight is 240 g/mol. The quantitative estimate of drug-likeness (QED) is 0.723. The molecular weight excluding hydrogens is 212 g/mol. The van der Waals surface area contributed by atoms with Crippen molar-refractivity contribution in [2.24, 2.45) is 5.92 Å². The Balaban J connectivity index is 2.15. The summed E-state index contributed by atoms with van der Waals surface area (Å²) in [6.07, 6.45) is 6.18. The van der Waals surface area contributed by atoms with Crippen molar-refractivity contribution in [1.82, 2.24) is 10.2 Å². The second-order valence-electron chi connectivity index (χ2n) is 5.49. The molecule has 0 aromatic heterocycles. The van der Waals surface area contributed by atoms with Crippen LogP contribution in [-0.2, 0) is 4.79 Å². The van der Waals surface area contributed by atoms with Crippen molar-refractivity contribution in [1.29, 1.82) is 0 Å². The van der Waals surface area contributed by atoms with E-state index in [0.29, 0.717) is 6.04 Å². The maximum absolute atomic E-state index is 11.6. The van der Waals surface area contributed by atoms with E-state index in [9.17, 15) is 4.79 Å². The number of nitrogens with zero attached hydrogens (tertiary/aromatic N) is 1. The third-order valence-corrected chi connectivity index (χ3v) is 3.54. The molecule has 0 unspecified atom stereocenters. The van der Waals surface area contributed by atoms with Gasteiger partial charge in [0.15, 0.2) is 0 Å². The molecule has 0 aromatic rings. The van der Waals surface area contributed by atoms with E-state index in [1.54, 1.807) is 0 Å². The molecule has 17 heavy (non-hydrogen) atoms. The lowest BCUT2D eigenvalue weighted by molar-refractivity contribution is -0.125. The van der Waals surface area contributed by atoms with Gasteiger partial charge >= 0.3 is 0 Å². The minimum absolute atomic E-state index is 0.109. The van der Waals surface area contributed by atoms with E-state index in [1.165, 1.54) is 25.8 Å². The van der Waals surface area contributed by atoms with Crippen molar-refractivity contribution in [2.75, 3.05) is 19.6 Å². The summed E-state index contributed by atoms with van der Waals surface area (Å²) in [6.45, 7) is 9.68. The zero-order valence-corrected chi connectivity index (χ0v) is 11.7. The fourth-order valence-electron chi connectivity index (χ4n) is 2.25. The van der Waals surface area contributed by atoms with Crippen LogP contribution in [-0.4, -0.2) is 36.5 Å². The van der Waals surface area contributed by atoms with Crippen LogP contribution in [0.5, 0.6) is 0 Å². The standard InChI is InChI=1S/C14H28N2O/c1-4-5-6-9-16-10-7-13(8-11-16)15-14(17)12(2)3/h12-13H,4-11H2,1-3H3,(H,15,17). The first kappa shape index (κ1) is 14.5. The maximum Gasteiger partial charge on any atom is 0.222 e. The van der Waals surface area contributed by atoms with Gasteiger partial charge in [0, 0.05) is 25.0 Å². The maximum atomic E-state index is 11.6. The first-order valence-electron chi connectivity index (χ1n) is 7.16. The molecule has 3 nitrogen and oxygen atoms in total. The number of carbonyl (C=O) groups is 1. The third kappa shape index (κ3) is 5.53. The molecular formula is C14H28N2O. The van der Waals surface area contributed by atoms with Gasteiger partial charge in [0.25, 0.3) is 0 Å². The van der Waals surface area contributed by atoms with E-state index in [0.717, 1.165) is 25.9 Å². The van der Waals surface area contributed by atoms with Crippen molar-refractivity contribution in [3.63, 3.8) is 0 Å². The highest BCUT2D eigenvalue weighted by Gasteiger charge is 2.20. The number of hydrogen-bond acceptors (Lipinski definition) is 2. The fourth-order valence-corrected chi connectivity index (χ4v) is 2.25. The molecule has 1 rings (SSSR count). The second kappa shape index (κ2) is 7.70.